The number of aliphatic hydroxyl groups excluding tert-OH is 5. The number of hydrogen-bond donors (Lipinski definition) is 10. The summed E-state index contributed by atoms with van der Waals surface area (Å²) < 4.78 is 65.9. The first-order valence-corrected chi connectivity index (χ1v) is 46.2. The Kier molecular flexibility index (Phi) is 40.2. The monoisotopic (exact) mass is 1820 g/mol. The Morgan fingerprint density at radius 2 is 0.522 bits per heavy atom. The van der Waals surface area contributed by atoms with Crippen LogP contribution in [0.5, 0.6) is 63.2 Å². The van der Waals surface area contributed by atoms with Gasteiger partial charge in [0.05, 0.1) is 79.7 Å². The molecule has 1 aliphatic heterocycles. The van der Waals surface area contributed by atoms with Gasteiger partial charge in [0.2, 0.25) is 0 Å². The van der Waals surface area contributed by atoms with Gasteiger partial charge in [0.15, 0.2) is 0 Å². The summed E-state index contributed by atoms with van der Waals surface area (Å²) in [6, 6.07) is 70.6. The van der Waals surface area contributed by atoms with Gasteiger partial charge >= 0.3 is 0 Å². The van der Waals surface area contributed by atoms with Gasteiger partial charge in [-0.15, -0.1) is 0 Å². The smallest absolute Gasteiger partial charge is 0.130 e. The average Bonchev–Trinajstić information content (AvgIpc) is 0.799. The summed E-state index contributed by atoms with van der Waals surface area (Å²) >= 11 is 0. The number of aryl methyl sites for hydroxylation is 3. The summed E-state index contributed by atoms with van der Waals surface area (Å²) in [6.45, 7) is 33.7. The molecule has 1 heterocycles. The largest absolute Gasteiger partial charge is 0.496 e. The minimum absolute atomic E-state index is 0.0491. The number of rotatable bonds is 48. The number of ether oxygens (including phenoxy) is 11. The molecule has 0 unspecified atom stereocenters. The second-order valence-corrected chi connectivity index (χ2v) is 34.0. The summed E-state index contributed by atoms with van der Waals surface area (Å²) in [7, 11) is 8.20. The van der Waals surface area contributed by atoms with Gasteiger partial charge in [0.25, 0.3) is 0 Å². The van der Waals surface area contributed by atoms with E-state index in [4.69, 9.17) is 77.6 Å². The first-order valence-electron chi connectivity index (χ1n) is 46.2. The molecule has 0 aromatic heterocycles. The second-order valence-electron chi connectivity index (χ2n) is 34.0. The van der Waals surface area contributed by atoms with Crippen LogP contribution in [0.4, 0.5) is 0 Å². The summed E-state index contributed by atoms with van der Waals surface area (Å²) in [5.74, 6) is 8.99. The maximum absolute atomic E-state index is 9.13. The Morgan fingerprint density at radius 3 is 0.776 bits per heavy atom. The van der Waals surface area contributed by atoms with Crippen molar-refractivity contribution in [2.75, 3.05) is 114 Å². The fourth-order valence-electron chi connectivity index (χ4n) is 16.8. The molecule has 0 spiro atoms. The lowest BCUT2D eigenvalue weighted by atomic mass is 9.92. The van der Waals surface area contributed by atoms with Gasteiger partial charge < -0.3 is 104 Å². The average molecular weight is 1820 g/mol. The fourth-order valence-corrected chi connectivity index (χ4v) is 16.8. The van der Waals surface area contributed by atoms with E-state index in [9.17, 15) is 0 Å². The lowest BCUT2D eigenvalue weighted by Crippen LogP contribution is -2.44. The molecule has 0 aliphatic carbocycles. The van der Waals surface area contributed by atoms with Gasteiger partial charge in [-0.3, -0.25) is 4.90 Å². The third kappa shape index (κ3) is 28.3. The second kappa shape index (κ2) is 52.6. The van der Waals surface area contributed by atoms with Crippen LogP contribution in [0, 0.1) is 68.2 Å². The molecule has 13 rings (SSSR count). The van der Waals surface area contributed by atoms with Crippen molar-refractivity contribution < 1.29 is 77.6 Å². The normalized spacial score (nSPS) is 11.8. The highest BCUT2D eigenvalue weighted by molar-refractivity contribution is 5.75. The molecule has 134 heavy (non-hydrogen) atoms. The molecular weight excluding hydrogens is 1690 g/mol. The van der Waals surface area contributed by atoms with Crippen molar-refractivity contribution in [3.05, 3.63) is 323 Å². The van der Waals surface area contributed by atoms with Crippen LogP contribution in [0.25, 0.3) is 33.4 Å². The molecule has 0 saturated carbocycles. The third-order valence-electron chi connectivity index (χ3n) is 24.6. The maximum Gasteiger partial charge on any atom is 0.130 e. The SMILES string of the molecule is COc1cc(OCc2cccc(-c3cccc(COc4cc(OC)c(CNCCO)c(OC)c4)c3C)c2C)cc(OC)c1CNCCO.COc1cc(OCc2cccc(-c3cccc(COc4ccc(CNCCO)cc4C)c3C)c2C)ccc1CN1CC(C)C1.Cc1cc(CNCCO)ccc1OCc1cccc(-c2cccc(COc3ccc(CNCCO)cc3C)c2C)c1C. The van der Waals surface area contributed by atoms with Crippen molar-refractivity contribution in [3.63, 3.8) is 0 Å². The van der Waals surface area contributed by atoms with Crippen molar-refractivity contribution in [2.24, 2.45) is 5.92 Å². The van der Waals surface area contributed by atoms with E-state index < -0.39 is 0 Å². The standard InChI is InChI=1S/C38H48N2O8.C38H46N2O4.C36H44N2O4/c1-25-27(23-47-29-17-35(43-3)33(21-39-13-15-41)36(18-29)44-4)9-7-11-31(25)32-12-8-10-28(26(32)2)24-48-30-19-37(45-5)34(22-40-14-16-42)38(20-30)46-6;1-26-21-40(22-26)23-31-13-14-34(19-38(31)42-5)43-24-32-8-6-10-35(28(32)3)36-11-7-9-33(29(36)4)25-44-37-15-12-30(18-27(37)2)20-39-16-17-41;1-25-19-29(21-37-15-17-39)11-13-35(25)41-23-31-7-5-9-33(27(31)3)34-10-6-8-32(28(34)4)24-42-36-14-12-30(20-26(36)2)22-38-16-18-40/h7-12,17-20,39-42H,13-16,21-24H2,1-6H3;6-15,18-19,26,39,41H,16-17,20-25H2,1-5H3;5-14,19-20,37-40H,15-18,21-24H2,1-4H3. The molecule has 0 amide bonds. The van der Waals surface area contributed by atoms with Gasteiger partial charge in [-0.25, -0.2) is 0 Å². The van der Waals surface area contributed by atoms with Crippen molar-refractivity contribution in [3.8, 4) is 96.6 Å². The van der Waals surface area contributed by atoms with E-state index in [-0.39, 0.29) is 33.0 Å². The van der Waals surface area contributed by atoms with Gasteiger partial charge in [-0.2, -0.15) is 0 Å². The molecule has 0 radical (unpaired) electrons. The quantitative estimate of drug-likeness (QED) is 0.0159. The Morgan fingerprint density at radius 1 is 0.269 bits per heavy atom. The zero-order chi connectivity index (χ0) is 95.4. The minimum Gasteiger partial charge on any atom is -0.496 e. The lowest BCUT2D eigenvalue weighted by molar-refractivity contribution is 0.104. The Balaban J connectivity index is 0.000000194. The van der Waals surface area contributed by atoms with Crippen LogP contribution in [0.15, 0.2) is 206 Å². The van der Waals surface area contributed by atoms with Crippen LogP contribution < -0.4 is 78.7 Å². The highest BCUT2D eigenvalue weighted by atomic mass is 16.5. The molecule has 10 N–H and O–H groups in total. The molecule has 712 valence electrons. The molecule has 1 saturated heterocycles. The number of likely N-dealkylation sites (tertiary alicyclic amines) is 1. The molecule has 12 aromatic rings. The van der Waals surface area contributed by atoms with Gasteiger partial charge in [0.1, 0.15) is 103 Å². The zero-order valence-corrected chi connectivity index (χ0v) is 80.9. The van der Waals surface area contributed by atoms with Crippen molar-refractivity contribution in [1.29, 1.82) is 0 Å². The number of benzene rings is 12. The van der Waals surface area contributed by atoms with E-state index in [1.807, 2.05) is 48.5 Å². The zero-order valence-electron chi connectivity index (χ0n) is 80.9. The van der Waals surface area contributed by atoms with Gasteiger partial charge in [-0.1, -0.05) is 159 Å². The summed E-state index contributed by atoms with van der Waals surface area (Å²) in [4.78, 5) is 2.44. The summed E-state index contributed by atoms with van der Waals surface area (Å²) in [6.07, 6.45) is 0. The van der Waals surface area contributed by atoms with Crippen LogP contribution in [0.3, 0.4) is 0 Å². The lowest BCUT2D eigenvalue weighted by Gasteiger charge is -2.37. The summed E-state index contributed by atoms with van der Waals surface area (Å²) in [5, 5.41) is 61.2. The predicted molar refractivity (Wildman–Crippen MR) is 534 cm³/mol. The Labute approximate surface area is 792 Å². The molecule has 1 aliphatic rings. The van der Waals surface area contributed by atoms with Crippen molar-refractivity contribution in [2.45, 2.75) is 148 Å². The number of methoxy groups -OCH3 is 5. The van der Waals surface area contributed by atoms with Crippen LogP contribution >= 0.6 is 0 Å². The molecule has 22 heteroatoms. The van der Waals surface area contributed by atoms with Crippen LogP contribution in [-0.2, 0) is 78.9 Å². The van der Waals surface area contributed by atoms with E-state index in [0.717, 1.165) is 157 Å². The first-order chi connectivity index (χ1) is 65.1. The highest BCUT2D eigenvalue weighted by Gasteiger charge is 2.25. The highest BCUT2D eigenvalue weighted by Crippen LogP contribution is 2.41. The fraction of sp³-hybridized carbons (Fsp3) is 0.357. The number of aliphatic hydroxyl groups is 5. The van der Waals surface area contributed by atoms with Gasteiger partial charge in [0, 0.05) is 121 Å². The van der Waals surface area contributed by atoms with E-state index >= 15 is 0 Å². The molecule has 22 nitrogen and oxygen atoms in total. The third-order valence-corrected chi connectivity index (χ3v) is 24.6. The van der Waals surface area contributed by atoms with Crippen molar-refractivity contribution in [1.82, 2.24) is 31.5 Å². The topological polar surface area (TPSA) is 266 Å². The van der Waals surface area contributed by atoms with E-state index in [1.165, 1.54) is 66.8 Å². The van der Waals surface area contributed by atoms with Crippen LogP contribution in [0.2, 0.25) is 0 Å². The Bertz CT molecular complexity index is 5490. The maximum atomic E-state index is 9.13. The number of nitrogens with zero attached hydrogens (tertiary/aromatic N) is 1. The molecule has 0 bridgehead atoms. The molecule has 1 fully saturated rings. The van der Waals surface area contributed by atoms with E-state index in [0.29, 0.717) is 120 Å². The van der Waals surface area contributed by atoms with Crippen LogP contribution in [-0.4, -0.2) is 145 Å². The number of hydrogen-bond acceptors (Lipinski definition) is 22. The molecule has 0 atom stereocenters. The molecule has 12 aromatic carbocycles. The van der Waals surface area contributed by atoms with E-state index in [1.54, 1.807) is 35.5 Å². The predicted octanol–water partition coefficient (Wildman–Crippen LogP) is 18.2. The number of nitrogens with one attached hydrogen (secondary N) is 5. The summed E-state index contributed by atoms with van der Waals surface area (Å²) in [5.41, 5.74) is 30.7. The van der Waals surface area contributed by atoms with Crippen molar-refractivity contribution >= 4 is 0 Å². The Hall–Kier alpha value is -12.0. The van der Waals surface area contributed by atoms with E-state index in [2.05, 4.69) is 258 Å². The van der Waals surface area contributed by atoms with Crippen LogP contribution in [0.1, 0.15) is 124 Å². The minimum atomic E-state index is 0.0491. The van der Waals surface area contributed by atoms with Gasteiger partial charge in [-0.05, 0) is 226 Å². The molecular formula is C112H138N6O16. The first kappa shape index (κ1) is 103.